The Bertz CT molecular complexity index is 262. The van der Waals surface area contributed by atoms with Crippen molar-refractivity contribution < 1.29 is 18.3 Å². The Balaban J connectivity index is 3.46. The second kappa shape index (κ2) is 10.4. The highest BCUT2D eigenvalue weighted by molar-refractivity contribution is 6.84. The van der Waals surface area contributed by atoms with E-state index >= 15 is 0 Å². The van der Waals surface area contributed by atoms with Gasteiger partial charge in [-0.2, -0.15) is 0 Å². The first-order valence-electron chi connectivity index (χ1n) is 7.34. The van der Waals surface area contributed by atoms with Crippen molar-refractivity contribution in [1.82, 2.24) is 0 Å². The summed E-state index contributed by atoms with van der Waals surface area (Å²) >= 11 is 0. The molecule has 4 nitrogen and oxygen atoms in total. The number of ether oxygens (including phenoxy) is 3. The second-order valence-electron chi connectivity index (χ2n) is 6.42. The molecule has 0 atom stereocenters. The summed E-state index contributed by atoms with van der Waals surface area (Å²) in [7, 11) is -1.27. The molecule has 0 aromatic carbocycles. The summed E-state index contributed by atoms with van der Waals surface area (Å²) in [6, 6.07) is 1.22. The van der Waals surface area contributed by atoms with Crippen molar-refractivity contribution in [3.8, 4) is 0 Å². The van der Waals surface area contributed by atoms with Crippen LogP contribution in [0.1, 0.15) is 12.8 Å². The molecule has 0 aliphatic rings. The normalized spacial score (nSPS) is 12.9. The first-order chi connectivity index (χ1) is 9.27. The standard InChI is InChI=1S/C14H32O4Si2/c1-15-10-11-17-13-12-16-9-7-8-14-20(5,6)18-19(2,3)4/h10-11H,7-9,12-14H2,1-6H3. The monoisotopic (exact) mass is 320 g/mol. The van der Waals surface area contributed by atoms with Gasteiger partial charge in [-0.3, -0.25) is 0 Å². The summed E-state index contributed by atoms with van der Waals surface area (Å²) in [5, 5.41) is 0. The minimum atomic E-state index is -1.47. The molecule has 0 bridgehead atoms. The first-order valence-corrected chi connectivity index (χ1v) is 13.9. The summed E-state index contributed by atoms with van der Waals surface area (Å²) in [5.74, 6) is 0. The quantitative estimate of drug-likeness (QED) is 0.310. The highest BCUT2D eigenvalue weighted by atomic mass is 28.4. The molecule has 0 heterocycles. The van der Waals surface area contributed by atoms with E-state index in [-0.39, 0.29) is 0 Å². The molecule has 0 N–H and O–H groups in total. The molecule has 0 radical (unpaired) electrons. The van der Waals surface area contributed by atoms with Crippen molar-refractivity contribution in [2.75, 3.05) is 26.9 Å². The van der Waals surface area contributed by atoms with Crippen LogP contribution in [0.3, 0.4) is 0 Å². The van der Waals surface area contributed by atoms with Crippen LogP contribution in [0, 0.1) is 0 Å². The highest BCUT2D eigenvalue weighted by Gasteiger charge is 2.28. The molecule has 0 saturated heterocycles. The number of unbranched alkanes of at least 4 members (excludes halogenated alkanes) is 1. The van der Waals surface area contributed by atoms with Gasteiger partial charge in [-0.15, -0.1) is 0 Å². The molecule has 0 aromatic rings. The van der Waals surface area contributed by atoms with Crippen molar-refractivity contribution in [2.45, 2.75) is 51.6 Å². The summed E-state index contributed by atoms with van der Waals surface area (Å²) in [6.45, 7) is 13.4. The van der Waals surface area contributed by atoms with Crippen LogP contribution in [0.25, 0.3) is 0 Å². The fourth-order valence-corrected chi connectivity index (χ4v) is 10.1. The molecule has 0 fully saturated rings. The lowest BCUT2D eigenvalue weighted by Gasteiger charge is -2.31. The van der Waals surface area contributed by atoms with E-state index in [4.69, 9.17) is 18.3 Å². The van der Waals surface area contributed by atoms with Crippen molar-refractivity contribution in [3.63, 3.8) is 0 Å². The minimum Gasteiger partial charge on any atom is -0.501 e. The molecule has 0 aromatic heterocycles. The Morgan fingerprint density at radius 1 is 0.850 bits per heavy atom. The third-order valence-corrected chi connectivity index (χ3v) is 8.75. The number of hydrogen-bond acceptors (Lipinski definition) is 4. The highest BCUT2D eigenvalue weighted by Crippen LogP contribution is 2.20. The van der Waals surface area contributed by atoms with Crippen LogP contribution >= 0.6 is 0 Å². The SMILES string of the molecule is COC=COCCOCCCC[Si](C)(C)O[Si](C)(C)C. The van der Waals surface area contributed by atoms with Gasteiger partial charge < -0.3 is 18.3 Å². The summed E-state index contributed by atoms with van der Waals surface area (Å²) in [5.41, 5.74) is 0. The maximum atomic E-state index is 6.31. The largest absolute Gasteiger partial charge is 0.501 e. The third-order valence-electron chi connectivity index (χ3n) is 2.53. The van der Waals surface area contributed by atoms with Gasteiger partial charge in [0, 0.05) is 6.61 Å². The maximum Gasteiger partial charge on any atom is 0.173 e. The summed E-state index contributed by atoms with van der Waals surface area (Å²) < 4.78 is 21.7. The van der Waals surface area contributed by atoms with Crippen LogP contribution in [0.15, 0.2) is 12.5 Å². The molecule has 0 spiro atoms. The Morgan fingerprint density at radius 3 is 2.15 bits per heavy atom. The number of methoxy groups -OCH3 is 1. The molecule has 0 amide bonds. The van der Waals surface area contributed by atoms with Gasteiger partial charge in [-0.1, -0.05) is 6.42 Å². The van der Waals surface area contributed by atoms with E-state index in [1.165, 1.54) is 25.0 Å². The van der Waals surface area contributed by atoms with E-state index in [9.17, 15) is 0 Å². The van der Waals surface area contributed by atoms with Gasteiger partial charge in [-0.25, -0.2) is 0 Å². The predicted octanol–water partition coefficient (Wildman–Crippen LogP) is 3.97. The van der Waals surface area contributed by atoms with Gasteiger partial charge in [0.1, 0.15) is 19.1 Å². The molecular formula is C14H32O4Si2. The summed E-state index contributed by atoms with van der Waals surface area (Å²) in [4.78, 5) is 0. The van der Waals surface area contributed by atoms with Gasteiger partial charge >= 0.3 is 0 Å². The van der Waals surface area contributed by atoms with E-state index in [2.05, 4.69) is 32.7 Å². The Kier molecular flexibility index (Phi) is 10.3. The molecule has 120 valence electrons. The van der Waals surface area contributed by atoms with Crippen molar-refractivity contribution in [1.29, 1.82) is 0 Å². The Labute approximate surface area is 126 Å². The smallest absolute Gasteiger partial charge is 0.173 e. The Morgan fingerprint density at radius 2 is 1.55 bits per heavy atom. The van der Waals surface area contributed by atoms with Crippen molar-refractivity contribution >= 4 is 16.6 Å². The molecule has 20 heavy (non-hydrogen) atoms. The number of hydrogen-bond donors (Lipinski definition) is 0. The van der Waals surface area contributed by atoms with Crippen LogP contribution in [-0.4, -0.2) is 43.6 Å². The van der Waals surface area contributed by atoms with Gasteiger partial charge in [-0.05, 0) is 45.2 Å². The third kappa shape index (κ3) is 14.1. The average Bonchev–Trinajstić information content (AvgIpc) is 2.28. The molecule has 0 unspecified atom stereocenters. The minimum absolute atomic E-state index is 0.568. The Hall–Kier alpha value is -0.306. The van der Waals surface area contributed by atoms with E-state index in [0.717, 1.165) is 13.0 Å². The fraction of sp³-hybridized carbons (Fsp3) is 0.857. The van der Waals surface area contributed by atoms with E-state index in [1.807, 2.05) is 0 Å². The zero-order valence-corrected chi connectivity index (χ0v) is 16.0. The lowest BCUT2D eigenvalue weighted by atomic mass is 10.4. The van der Waals surface area contributed by atoms with Gasteiger partial charge in [0.05, 0.1) is 13.7 Å². The predicted molar refractivity (Wildman–Crippen MR) is 88.9 cm³/mol. The molecule has 6 heteroatoms. The van der Waals surface area contributed by atoms with Crippen molar-refractivity contribution in [3.05, 3.63) is 12.5 Å². The summed E-state index contributed by atoms with van der Waals surface area (Å²) in [6.07, 6.45) is 5.32. The zero-order valence-electron chi connectivity index (χ0n) is 14.0. The maximum absolute atomic E-state index is 6.31. The van der Waals surface area contributed by atoms with E-state index in [1.54, 1.807) is 7.11 Å². The van der Waals surface area contributed by atoms with E-state index in [0.29, 0.717) is 13.2 Å². The molecular weight excluding hydrogens is 288 g/mol. The average molecular weight is 321 g/mol. The molecule has 0 saturated carbocycles. The zero-order chi connectivity index (χ0) is 15.5. The van der Waals surface area contributed by atoms with Crippen LogP contribution in [0.5, 0.6) is 0 Å². The van der Waals surface area contributed by atoms with Crippen molar-refractivity contribution in [2.24, 2.45) is 0 Å². The van der Waals surface area contributed by atoms with E-state index < -0.39 is 16.6 Å². The van der Waals surface area contributed by atoms with Gasteiger partial charge in [0.15, 0.2) is 16.6 Å². The number of rotatable bonds is 12. The molecule has 0 rings (SSSR count). The second-order valence-corrected chi connectivity index (χ2v) is 15.5. The van der Waals surface area contributed by atoms with Crippen LogP contribution in [0.2, 0.25) is 38.8 Å². The van der Waals surface area contributed by atoms with Crippen LogP contribution < -0.4 is 0 Å². The van der Waals surface area contributed by atoms with Crippen LogP contribution in [-0.2, 0) is 18.3 Å². The topological polar surface area (TPSA) is 36.9 Å². The lowest BCUT2D eigenvalue weighted by Crippen LogP contribution is -2.42. The van der Waals surface area contributed by atoms with Crippen LogP contribution in [0.4, 0.5) is 0 Å². The fourth-order valence-electron chi connectivity index (χ4n) is 2.01. The molecule has 0 aliphatic carbocycles. The molecule has 0 aliphatic heterocycles. The van der Waals surface area contributed by atoms with Gasteiger partial charge in [0.25, 0.3) is 0 Å². The lowest BCUT2D eigenvalue weighted by molar-refractivity contribution is 0.0811. The first kappa shape index (κ1) is 19.7. The van der Waals surface area contributed by atoms with Gasteiger partial charge in [0.2, 0.25) is 0 Å².